The summed E-state index contributed by atoms with van der Waals surface area (Å²) in [5.41, 5.74) is 0.461. The fourth-order valence-corrected chi connectivity index (χ4v) is 1.34. The van der Waals surface area contributed by atoms with Gasteiger partial charge in [0, 0.05) is 6.07 Å². The number of hydrogen-bond donors (Lipinski definition) is 2. The molecule has 0 spiro atoms. The number of ether oxygens (including phenoxy) is 1. The first-order valence-corrected chi connectivity index (χ1v) is 4.46. The lowest BCUT2D eigenvalue weighted by Gasteiger charge is -2.30. The molecule has 14 heavy (non-hydrogen) atoms. The quantitative estimate of drug-likeness (QED) is 0.645. The monoisotopic (exact) mass is 213 g/mol. The highest BCUT2D eigenvalue weighted by Crippen LogP contribution is 2.35. The second-order valence-electron chi connectivity index (χ2n) is 3.18. The van der Waals surface area contributed by atoms with E-state index in [0.717, 1.165) is 0 Å². The summed E-state index contributed by atoms with van der Waals surface area (Å²) in [6, 6.07) is 3.92. The van der Waals surface area contributed by atoms with Crippen LogP contribution in [0.2, 0.25) is 0 Å². The van der Waals surface area contributed by atoms with Crippen LogP contribution in [0.3, 0.4) is 0 Å². The molecule has 1 aliphatic rings. The van der Waals surface area contributed by atoms with Crippen LogP contribution in [0, 0.1) is 5.82 Å². The minimum atomic E-state index is -1.25. The van der Waals surface area contributed by atoms with Crippen molar-refractivity contribution in [2.24, 2.45) is 0 Å². The van der Waals surface area contributed by atoms with Crippen molar-refractivity contribution in [2.75, 3.05) is 5.32 Å². The largest absolute Gasteiger partial charge is 0.465 e. The third kappa shape index (κ3) is 1.43. The number of nitrogens with one attached hydrogen (secondary N) is 1. The molecule has 5 heteroatoms. The van der Waals surface area contributed by atoms with Gasteiger partial charge in [0.25, 0.3) is 5.91 Å². The highest BCUT2D eigenvalue weighted by atomic mass is 32.1. The summed E-state index contributed by atoms with van der Waals surface area (Å²) >= 11 is 4.02. The van der Waals surface area contributed by atoms with Gasteiger partial charge in [0.1, 0.15) is 11.6 Å². The second kappa shape index (κ2) is 2.88. The molecule has 0 radical (unpaired) electrons. The van der Waals surface area contributed by atoms with E-state index in [2.05, 4.69) is 17.9 Å². The Morgan fingerprint density at radius 3 is 3.00 bits per heavy atom. The van der Waals surface area contributed by atoms with E-state index in [1.54, 1.807) is 0 Å². The molecule has 1 unspecified atom stereocenters. The van der Waals surface area contributed by atoms with E-state index in [4.69, 9.17) is 4.74 Å². The number of carbonyl (C=O) groups excluding carboxylic acids is 1. The van der Waals surface area contributed by atoms with Crippen LogP contribution in [0.4, 0.5) is 10.1 Å². The van der Waals surface area contributed by atoms with Gasteiger partial charge in [0.15, 0.2) is 0 Å². The lowest BCUT2D eigenvalue weighted by atomic mass is 10.2. The highest BCUT2D eigenvalue weighted by molar-refractivity contribution is 7.82. The molecule has 0 aliphatic carbocycles. The average molecular weight is 213 g/mol. The first kappa shape index (κ1) is 9.33. The highest BCUT2D eigenvalue weighted by Gasteiger charge is 2.36. The normalized spacial score (nSPS) is 24.9. The number of thiol groups is 1. The van der Waals surface area contributed by atoms with Crippen LogP contribution in [0.15, 0.2) is 18.2 Å². The SMILES string of the molecule is CC1(S)Oc2cc(F)ccc2NC1=O. The van der Waals surface area contributed by atoms with Crippen LogP contribution in [0.25, 0.3) is 0 Å². The number of amides is 1. The number of hydrogen-bond acceptors (Lipinski definition) is 3. The van der Waals surface area contributed by atoms with Crippen molar-refractivity contribution in [1.82, 2.24) is 0 Å². The number of carbonyl (C=O) groups is 1. The maximum atomic E-state index is 12.8. The van der Waals surface area contributed by atoms with Gasteiger partial charge in [-0.15, -0.1) is 12.6 Å². The first-order valence-electron chi connectivity index (χ1n) is 4.01. The molecule has 74 valence electrons. The van der Waals surface area contributed by atoms with Gasteiger partial charge in [0.2, 0.25) is 4.93 Å². The molecular weight excluding hydrogens is 205 g/mol. The lowest BCUT2D eigenvalue weighted by molar-refractivity contribution is -0.124. The van der Waals surface area contributed by atoms with E-state index < -0.39 is 10.8 Å². The fourth-order valence-electron chi connectivity index (χ4n) is 1.18. The molecule has 1 amide bonds. The summed E-state index contributed by atoms with van der Waals surface area (Å²) in [5, 5.41) is 2.57. The van der Waals surface area contributed by atoms with Crippen LogP contribution in [-0.2, 0) is 4.79 Å². The molecule has 2 rings (SSSR count). The molecule has 0 bridgehead atoms. The Labute approximate surface area is 85.7 Å². The van der Waals surface area contributed by atoms with Crippen molar-refractivity contribution in [3.63, 3.8) is 0 Å². The van der Waals surface area contributed by atoms with Gasteiger partial charge >= 0.3 is 0 Å². The second-order valence-corrected chi connectivity index (χ2v) is 4.03. The number of anilines is 1. The van der Waals surface area contributed by atoms with Crippen LogP contribution >= 0.6 is 12.6 Å². The Morgan fingerprint density at radius 2 is 2.29 bits per heavy atom. The molecule has 3 nitrogen and oxygen atoms in total. The standard InChI is InChI=1S/C9H8FNO2S/c1-9(14)8(12)11-6-3-2-5(10)4-7(6)13-9/h2-4,14H,1H3,(H,11,12). The third-order valence-electron chi connectivity index (χ3n) is 1.92. The van der Waals surface area contributed by atoms with Crippen LogP contribution in [0.1, 0.15) is 6.92 Å². The van der Waals surface area contributed by atoms with Gasteiger partial charge in [0.05, 0.1) is 5.69 Å². The number of benzene rings is 1. The zero-order chi connectivity index (χ0) is 10.3. The van der Waals surface area contributed by atoms with E-state index in [1.807, 2.05) is 0 Å². The van der Waals surface area contributed by atoms with E-state index in [9.17, 15) is 9.18 Å². The predicted molar refractivity (Wildman–Crippen MR) is 53.0 cm³/mol. The Bertz CT molecular complexity index is 406. The van der Waals surface area contributed by atoms with Gasteiger partial charge in [-0.2, -0.15) is 0 Å². The molecule has 1 aromatic rings. The Morgan fingerprint density at radius 1 is 1.57 bits per heavy atom. The minimum absolute atomic E-state index is 0.294. The fraction of sp³-hybridized carbons (Fsp3) is 0.222. The van der Waals surface area contributed by atoms with E-state index in [0.29, 0.717) is 11.4 Å². The van der Waals surface area contributed by atoms with Crippen molar-refractivity contribution < 1.29 is 13.9 Å². The number of fused-ring (bicyclic) bond motifs is 1. The molecular formula is C9H8FNO2S. The Balaban J connectivity index is 2.46. The van der Waals surface area contributed by atoms with Crippen molar-refractivity contribution in [3.8, 4) is 5.75 Å². The smallest absolute Gasteiger partial charge is 0.278 e. The average Bonchev–Trinajstić information content (AvgIpc) is 2.07. The van der Waals surface area contributed by atoms with E-state index >= 15 is 0 Å². The molecule has 1 heterocycles. The molecule has 0 fully saturated rings. The first-order chi connectivity index (χ1) is 6.49. The lowest BCUT2D eigenvalue weighted by Crippen LogP contribution is -2.43. The van der Waals surface area contributed by atoms with Gasteiger partial charge in [-0.25, -0.2) is 4.39 Å². The van der Waals surface area contributed by atoms with Crippen molar-refractivity contribution in [1.29, 1.82) is 0 Å². The predicted octanol–water partition coefficient (Wildman–Crippen LogP) is 1.80. The Hall–Kier alpha value is -1.23. The molecule has 1 aliphatic heterocycles. The minimum Gasteiger partial charge on any atom is -0.465 e. The summed E-state index contributed by atoms with van der Waals surface area (Å²) in [7, 11) is 0. The van der Waals surface area contributed by atoms with Crippen LogP contribution in [0.5, 0.6) is 5.75 Å². The molecule has 0 saturated carbocycles. The molecule has 1 N–H and O–H groups in total. The van der Waals surface area contributed by atoms with Gasteiger partial charge < -0.3 is 10.1 Å². The number of rotatable bonds is 0. The van der Waals surface area contributed by atoms with Gasteiger partial charge in [-0.1, -0.05) is 0 Å². The van der Waals surface area contributed by atoms with Crippen LogP contribution in [-0.4, -0.2) is 10.8 Å². The maximum absolute atomic E-state index is 12.8. The molecule has 1 aromatic carbocycles. The summed E-state index contributed by atoms with van der Waals surface area (Å²) < 4.78 is 18.1. The van der Waals surface area contributed by atoms with Gasteiger partial charge in [-0.3, -0.25) is 4.79 Å². The molecule has 0 aromatic heterocycles. The summed E-state index contributed by atoms with van der Waals surface area (Å²) in [6.45, 7) is 1.50. The zero-order valence-corrected chi connectivity index (χ0v) is 8.27. The summed E-state index contributed by atoms with van der Waals surface area (Å²) in [5.74, 6) is -0.480. The van der Waals surface area contributed by atoms with Crippen LogP contribution < -0.4 is 10.1 Å². The van der Waals surface area contributed by atoms with Crippen molar-refractivity contribution in [3.05, 3.63) is 24.0 Å². The van der Waals surface area contributed by atoms with E-state index in [1.165, 1.54) is 25.1 Å². The van der Waals surface area contributed by atoms with E-state index in [-0.39, 0.29) is 5.91 Å². The Kier molecular flexibility index (Phi) is 1.92. The third-order valence-corrected chi connectivity index (χ3v) is 2.22. The molecule has 0 saturated heterocycles. The molecule has 1 atom stereocenters. The summed E-state index contributed by atoms with van der Waals surface area (Å²) in [4.78, 5) is 10.1. The van der Waals surface area contributed by atoms with Gasteiger partial charge in [-0.05, 0) is 19.1 Å². The topological polar surface area (TPSA) is 38.3 Å². The van der Waals surface area contributed by atoms with Crippen molar-refractivity contribution >= 4 is 24.2 Å². The maximum Gasteiger partial charge on any atom is 0.278 e. The summed E-state index contributed by atoms with van der Waals surface area (Å²) in [6.07, 6.45) is 0. The number of halogens is 1. The zero-order valence-electron chi connectivity index (χ0n) is 7.37. The van der Waals surface area contributed by atoms with Crippen molar-refractivity contribution in [2.45, 2.75) is 11.9 Å².